The molecule has 0 radical (unpaired) electrons. The van der Waals surface area contributed by atoms with Crippen LogP contribution in [-0.2, 0) is 28.2 Å². The third-order valence-corrected chi connectivity index (χ3v) is 13.7. The Balaban J connectivity index is 1.13. The first kappa shape index (κ1) is 37.6. The van der Waals surface area contributed by atoms with Gasteiger partial charge in [0, 0.05) is 45.5 Å². The zero-order chi connectivity index (χ0) is 38.2. The SMILES string of the molecule is COc1ccc(C(=O)Nc2cccc(CN3C(=O)[C@]4(O[C@H](CCn5cc(C(CO)c6ccccc6)nn5)[C@@H]([Si](C)(C)F)[C@@H]4C)c4cc(Br)ccc43)c2)cc1. The standard InChI is InChI=1S/C41H43BrFN5O5Si/c1-26-38(54(3,4)43)37(19-20-47-24-35(45-46-47)33(25-49)28-10-6-5-7-11-28)53-41(26)34-22-30(42)15-18-36(34)48(40(41)51)23-27-9-8-12-31(21-27)44-39(50)29-13-16-32(52-2)17-14-29/h5-18,21-22,24,26,33,37-38,49H,19-20,23,25H2,1-4H3,(H,44,50)/t26-,33?,37+,38-,41+/m0/s1. The molecule has 1 aromatic heterocycles. The Hall–Kier alpha value is -4.69. The molecular formula is C41H43BrFN5O5Si. The number of aliphatic hydroxyl groups is 1. The van der Waals surface area contributed by atoms with Crippen LogP contribution < -0.4 is 15.0 Å². The summed E-state index contributed by atoms with van der Waals surface area (Å²) in [4.78, 5) is 29.6. The number of hydrogen-bond donors (Lipinski definition) is 2. The number of benzene rings is 4. The van der Waals surface area contributed by atoms with Gasteiger partial charge in [-0.3, -0.25) is 14.3 Å². The minimum Gasteiger partial charge on any atom is -0.497 e. The predicted molar refractivity (Wildman–Crippen MR) is 211 cm³/mol. The van der Waals surface area contributed by atoms with Gasteiger partial charge >= 0.3 is 0 Å². The van der Waals surface area contributed by atoms with Crippen molar-refractivity contribution in [3.63, 3.8) is 0 Å². The molecule has 13 heteroatoms. The van der Waals surface area contributed by atoms with Crippen molar-refractivity contribution in [1.82, 2.24) is 15.0 Å². The fourth-order valence-electron chi connectivity index (χ4n) is 8.22. The molecule has 1 unspecified atom stereocenters. The quantitative estimate of drug-likeness (QED) is 0.0974. The minimum absolute atomic E-state index is 0.117. The largest absolute Gasteiger partial charge is 0.497 e. The summed E-state index contributed by atoms with van der Waals surface area (Å²) in [6, 6.07) is 29.6. The van der Waals surface area contributed by atoms with Gasteiger partial charge in [0.15, 0.2) is 5.60 Å². The van der Waals surface area contributed by atoms with E-state index in [0.717, 1.165) is 15.6 Å². The first-order valence-corrected chi connectivity index (χ1v) is 21.8. The number of anilines is 2. The van der Waals surface area contributed by atoms with Crippen LogP contribution in [0.15, 0.2) is 108 Å². The van der Waals surface area contributed by atoms with Gasteiger partial charge in [-0.05, 0) is 85.2 Å². The fraction of sp³-hybridized carbons (Fsp3) is 0.317. The lowest BCUT2D eigenvalue weighted by atomic mass is 9.82. The van der Waals surface area contributed by atoms with Crippen molar-refractivity contribution in [2.45, 2.75) is 62.7 Å². The molecule has 1 fully saturated rings. The molecule has 2 N–H and O–H groups in total. The maximum absolute atomic E-state index is 16.5. The summed E-state index contributed by atoms with van der Waals surface area (Å²) >= 11 is 3.62. The minimum atomic E-state index is -3.39. The average Bonchev–Trinajstić information content (AvgIpc) is 3.81. The first-order valence-electron chi connectivity index (χ1n) is 18.0. The molecule has 5 atom stereocenters. The third kappa shape index (κ3) is 7.13. The molecule has 280 valence electrons. The fourth-order valence-corrected chi connectivity index (χ4v) is 11.1. The summed E-state index contributed by atoms with van der Waals surface area (Å²) in [5.74, 6) is -0.629. The van der Waals surface area contributed by atoms with E-state index in [2.05, 4.69) is 31.6 Å². The number of methoxy groups -OCH3 is 1. The normalized spacial score (nSPS) is 21.4. The number of hydrogen-bond acceptors (Lipinski definition) is 7. The van der Waals surface area contributed by atoms with Crippen LogP contribution in [0.25, 0.3) is 0 Å². The number of nitrogens with zero attached hydrogens (tertiary/aromatic N) is 4. The van der Waals surface area contributed by atoms with E-state index >= 15 is 4.11 Å². The van der Waals surface area contributed by atoms with E-state index in [1.165, 1.54) is 0 Å². The van der Waals surface area contributed by atoms with Crippen LogP contribution in [0.2, 0.25) is 18.6 Å². The molecule has 2 aliphatic heterocycles. The lowest BCUT2D eigenvalue weighted by Crippen LogP contribution is -2.45. The topological polar surface area (TPSA) is 119 Å². The molecular weight excluding hydrogens is 769 g/mol. The highest BCUT2D eigenvalue weighted by Crippen LogP contribution is 2.60. The second-order valence-corrected chi connectivity index (χ2v) is 19.3. The van der Waals surface area contributed by atoms with Gasteiger partial charge in [0.2, 0.25) is 8.41 Å². The smallest absolute Gasteiger partial charge is 0.264 e. The number of ether oxygens (including phenoxy) is 2. The van der Waals surface area contributed by atoms with Crippen molar-refractivity contribution in [3.05, 3.63) is 136 Å². The molecule has 3 heterocycles. The molecule has 0 bridgehead atoms. The van der Waals surface area contributed by atoms with Gasteiger partial charge in [-0.15, -0.1) is 5.10 Å². The van der Waals surface area contributed by atoms with E-state index in [1.54, 1.807) is 60.1 Å². The summed E-state index contributed by atoms with van der Waals surface area (Å²) in [5.41, 5.74) is 2.99. The molecule has 4 aromatic carbocycles. The first-order chi connectivity index (χ1) is 25.9. The lowest BCUT2D eigenvalue weighted by Gasteiger charge is -2.31. The second-order valence-electron chi connectivity index (χ2n) is 14.5. The molecule has 0 saturated carbocycles. The van der Waals surface area contributed by atoms with Crippen LogP contribution in [0.4, 0.5) is 15.5 Å². The number of amides is 2. The number of rotatable bonds is 12. The summed E-state index contributed by atoms with van der Waals surface area (Å²) in [6.45, 7) is 5.82. The van der Waals surface area contributed by atoms with Crippen LogP contribution in [0.3, 0.4) is 0 Å². The molecule has 54 heavy (non-hydrogen) atoms. The molecule has 1 spiro atoms. The summed E-state index contributed by atoms with van der Waals surface area (Å²) in [6.07, 6.45) is 1.67. The summed E-state index contributed by atoms with van der Waals surface area (Å²) in [7, 11) is -1.82. The number of nitrogens with one attached hydrogen (secondary N) is 1. The Morgan fingerprint density at radius 3 is 2.54 bits per heavy atom. The lowest BCUT2D eigenvalue weighted by molar-refractivity contribution is -0.146. The molecule has 10 nitrogen and oxygen atoms in total. The van der Waals surface area contributed by atoms with Crippen molar-refractivity contribution in [2.75, 3.05) is 23.9 Å². The highest BCUT2D eigenvalue weighted by molar-refractivity contribution is 9.10. The van der Waals surface area contributed by atoms with Gasteiger partial charge in [0.25, 0.3) is 11.8 Å². The predicted octanol–water partition coefficient (Wildman–Crippen LogP) is 7.84. The summed E-state index contributed by atoms with van der Waals surface area (Å²) in [5, 5.41) is 21.8. The van der Waals surface area contributed by atoms with Crippen LogP contribution >= 0.6 is 15.9 Å². The van der Waals surface area contributed by atoms with Gasteiger partial charge in [-0.25, -0.2) is 0 Å². The van der Waals surface area contributed by atoms with Crippen molar-refractivity contribution < 1.29 is 28.3 Å². The van der Waals surface area contributed by atoms with Crippen molar-refractivity contribution in [3.8, 4) is 5.75 Å². The van der Waals surface area contributed by atoms with Gasteiger partial charge in [0.1, 0.15) is 5.75 Å². The number of carbonyl (C=O) groups excluding carboxylic acids is 2. The van der Waals surface area contributed by atoms with Gasteiger partial charge < -0.3 is 28.9 Å². The Morgan fingerprint density at radius 2 is 1.83 bits per heavy atom. The maximum Gasteiger partial charge on any atom is 0.264 e. The Morgan fingerprint density at radius 1 is 1.07 bits per heavy atom. The molecule has 2 amide bonds. The second kappa shape index (κ2) is 15.2. The van der Waals surface area contributed by atoms with Crippen molar-refractivity contribution in [1.29, 1.82) is 0 Å². The van der Waals surface area contributed by atoms with Crippen LogP contribution in [0.5, 0.6) is 5.75 Å². The van der Waals surface area contributed by atoms with Gasteiger partial charge in [-0.2, -0.15) is 0 Å². The van der Waals surface area contributed by atoms with E-state index < -0.39 is 31.6 Å². The Labute approximate surface area is 323 Å². The van der Waals surface area contributed by atoms with E-state index in [0.29, 0.717) is 46.9 Å². The van der Waals surface area contributed by atoms with Crippen LogP contribution in [0.1, 0.15) is 52.0 Å². The van der Waals surface area contributed by atoms with Crippen molar-refractivity contribution >= 4 is 47.5 Å². The van der Waals surface area contributed by atoms with E-state index in [9.17, 15) is 14.7 Å². The number of carbonyl (C=O) groups is 2. The average molecular weight is 813 g/mol. The highest BCUT2D eigenvalue weighted by atomic mass is 79.9. The highest BCUT2D eigenvalue weighted by Gasteiger charge is 2.66. The number of aryl methyl sites for hydroxylation is 1. The van der Waals surface area contributed by atoms with E-state index in [1.807, 2.05) is 79.9 Å². The van der Waals surface area contributed by atoms with E-state index in [4.69, 9.17) is 9.47 Å². The maximum atomic E-state index is 16.5. The number of fused-ring (bicyclic) bond motifs is 2. The molecule has 5 aromatic rings. The Bertz CT molecular complexity index is 2150. The third-order valence-electron chi connectivity index (χ3n) is 10.7. The van der Waals surface area contributed by atoms with Crippen LogP contribution in [-0.4, -0.2) is 60.1 Å². The van der Waals surface area contributed by atoms with Crippen molar-refractivity contribution in [2.24, 2.45) is 5.92 Å². The van der Waals surface area contributed by atoms with E-state index in [-0.39, 0.29) is 30.9 Å². The molecule has 0 aliphatic carbocycles. The Kier molecular flexibility index (Phi) is 10.6. The molecule has 1 saturated heterocycles. The zero-order valence-electron chi connectivity index (χ0n) is 30.6. The molecule has 7 rings (SSSR count). The van der Waals surface area contributed by atoms with Gasteiger partial charge in [0.05, 0.1) is 43.7 Å². The number of aliphatic hydroxyl groups excluding tert-OH is 1. The van der Waals surface area contributed by atoms with Crippen LogP contribution in [0, 0.1) is 5.92 Å². The number of halogens is 2. The monoisotopic (exact) mass is 811 g/mol. The summed E-state index contributed by atoms with van der Waals surface area (Å²) < 4.78 is 31.1. The number of aromatic nitrogens is 3. The van der Waals surface area contributed by atoms with Gasteiger partial charge in [-0.1, -0.05) is 70.5 Å². The zero-order valence-corrected chi connectivity index (χ0v) is 33.2. The molecule has 2 aliphatic rings.